The third-order valence-corrected chi connectivity index (χ3v) is 4.54. The van der Waals surface area contributed by atoms with E-state index in [2.05, 4.69) is 46.8 Å². The highest BCUT2D eigenvalue weighted by Gasteiger charge is 2.42. The Kier molecular flexibility index (Phi) is 2.59. The summed E-state index contributed by atoms with van der Waals surface area (Å²) in [7, 11) is 0. The Labute approximate surface area is 105 Å². The summed E-state index contributed by atoms with van der Waals surface area (Å²) >= 11 is 6.49. The van der Waals surface area contributed by atoms with Gasteiger partial charge in [0, 0.05) is 0 Å². The molecular weight excluding hydrogens is 216 g/mol. The monoisotopic (exact) mass is 238 g/mol. The van der Waals surface area contributed by atoms with Crippen molar-refractivity contribution in [3.8, 4) is 0 Å². The maximum absolute atomic E-state index is 6.49. The molecule has 1 heteroatoms. The lowest BCUT2D eigenvalue weighted by molar-refractivity contribution is 0.255. The fraction of sp³-hybridized carbons (Fsp3) is 0.733. The minimum absolute atomic E-state index is 0.177. The van der Waals surface area contributed by atoms with E-state index in [4.69, 9.17) is 11.6 Å². The normalized spacial score (nSPS) is 36.1. The van der Waals surface area contributed by atoms with Gasteiger partial charge in [0.2, 0.25) is 0 Å². The Balaban J connectivity index is 2.49. The second-order valence-electron chi connectivity index (χ2n) is 6.93. The van der Waals surface area contributed by atoms with Gasteiger partial charge in [-0.05, 0) is 48.2 Å². The molecule has 0 amide bonds. The zero-order valence-electron chi connectivity index (χ0n) is 11.2. The molecule has 0 aliphatic heterocycles. The van der Waals surface area contributed by atoms with Gasteiger partial charge < -0.3 is 0 Å². The number of rotatable bonds is 0. The quantitative estimate of drug-likeness (QED) is 0.516. The smallest absolute Gasteiger partial charge is 0.0638 e. The fourth-order valence-corrected chi connectivity index (χ4v) is 3.13. The molecule has 1 unspecified atom stereocenters. The molecule has 0 aromatic heterocycles. The first-order valence-corrected chi connectivity index (χ1v) is 6.65. The van der Waals surface area contributed by atoms with Crippen LogP contribution < -0.4 is 0 Å². The Morgan fingerprint density at radius 1 is 0.938 bits per heavy atom. The molecule has 16 heavy (non-hydrogen) atoms. The highest BCUT2D eigenvalue weighted by molar-refractivity contribution is 6.25. The van der Waals surface area contributed by atoms with Gasteiger partial charge in [-0.1, -0.05) is 39.8 Å². The molecule has 0 radical (unpaired) electrons. The predicted molar refractivity (Wildman–Crippen MR) is 71.8 cm³/mol. The molecule has 0 saturated heterocycles. The number of halogens is 1. The van der Waals surface area contributed by atoms with E-state index in [-0.39, 0.29) is 10.3 Å². The van der Waals surface area contributed by atoms with Crippen LogP contribution in [0.2, 0.25) is 0 Å². The predicted octanol–water partition coefficient (Wildman–Crippen LogP) is 5.09. The Bertz CT molecular complexity index is 367. The first kappa shape index (κ1) is 12.2. The van der Waals surface area contributed by atoms with Crippen molar-refractivity contribution in [3.63, 3.8) is 0 Å². The Morgan fingerprint density at radius 3 is 2.00 bits per heavy atom. The van der Waals surface area contributed by atoms with Gasteiger partial charge in [-0.3, -0.25) is 0 Å². The highest BCUT2D eigenvalue weighted by Crippen LogP contribution is 2.54. The number of hydrogen-bond acceptors (Lipinski definition) is 0. The molecular formula is C15H23Cl. The molecule has 0 heterocycles. The van der Waals surface area contributed by atoms with Crippen LogP contribution in [0.15, 0.2) is 23.3 Å². The van der Waals surface area contributed by atoms with Crippen molar-refractivity contribution in [1.82, 2.24) is 0 Å². The molecule has 0 aromatic carbocycles. The standard InChI is InChI=1S/C15H23Cl/c1-13(2)8-9-14(3,4)12-10-15(5,16)7-6-11(12)13/h6,10H,7-9H2,1-5H3. The third kappa shape index (κ3) is 1.97. The number of allylic oxidation sites excluding steroid dienone is 4. The maximum atomic E-state index is 6.49. The van der Waals surface area contributed by atoms with E-state index in [1.54, 1.807) is 5.57 Å². The van der Waals surface area contributed by atoms with E-state index in [1.165, 1.54) is 18.4 Å². The fourth-order valence-electron chi connectivity index (χ4n) is 2.94. The maximum Gasteiger partial charge on any atom is 0.0638 e. The van der Waals surface area contributed by atoms with E-state index in [9.17, 15) is 0 Å². The summed E-state index contributed by atoms with van der Waals surface area (Å²) in [4.78, 5) is -0.177. The summed E-state index contributed by atoms with van der Waals surface area (Å²) in [6.45, 7) is 11.5. The molecule has 2 aliphatic carbocycles. The number of hydrogen-bond donors (Lipinski definition) is 0. The molecule has 1 fully saturated rings. The van der Waals surface area contributed by atoms with Gasteiger partial charge in [0.25, 0.3) is 0 Å². The third-order valence-electron chi connectivity index (χ3n) is 4.27. The SMILES string of the molecule is CC1(Cl)C=C2C(=CC1)C(C)(C)CCC2(C)C. The Morgan fingerprint density at radius 2 is 1.44 bits per heavy atom. The van der Waals surface area contributed by atoms with Crippen LogP contribution in [0, 0.1) is 10.8 Å². The molecule has 0 spiro atoms. The van der Waals surface area contributed by atoms with E-state index in [0.29, 0.717) is 5.41 Å². The van der Waals surface area contributed by atoms with Crippen LogP contribution in [-0.2, 0) is 0 Å². The van der Waals surface area contributed by atoms with Crippen LogP contribution in [0.1, 0.15) is 53.9 Å². The van der Waals surface area contributed by atoms with Crippen molar-refractivity contribution in [1.29, 1.82) is 0 Å². The van der Waals surface area contributed by atoms with Gasteiger partial charge in [-0.2, -0.15) is 0 Å². The Hall–Kier alpha value is -0.230. The van der Waals surface area contributed by atoms with Crippen molar-refractivity contribution < 1.29 is 0 Å². The van der Waals surface area contributed by atoms with Crippen LogP contribution in [0.5, 0.6) is 0 Å². The minimum atomic E-state index is -0.177. The van der Waals surface area contributed by atoms with E-state index in [1.807, 2.05) is 0 Å². The van der Waals surface area contributed by atoms with E-state index < -0.39 is 0 Å². The number of alkyl halides is 1. The molecule has 0 aromatic rings. The van der Waals surface area contributed by atoms with Gasteiger partial charge in [-0.25, -0.2) is 0 Å². The van der Waals surface area contributed by atoms with Crippen LogP contribution in [0.25, 0.3) is 0 Å². The van der Waals surface area contributed by atoms with Gasteiger partial charge in [0.1, 0.15) is 0 Å². The van der Waals surface area contributed by atoms with Gasteiger partial charge in [-0.15, -0.1) is 11.6 Å². The van der Waals surface area contributed by atoms with E-state index >= 15 is 0 Å². The van der Waals surface area contributed by atoms with Crippen LogP contribution >= 0.6 is 11.6 Å². The van der Waals surface area contributed by atoms with Crippen molar-refractivity contribution in [2.45, 2.75) is 58.8 Å². The average Bonchev–Trinajstić information content (AvgIpc) is 2.11. The summed E-state index contributed by atoms with van der Waals surface area (Å²) < 4.78 is 0. The molecule has 1 saturated carbocycles. The van der Waals surface area contributed by atoms with Crippen molar-refractivity contribution in [2.75, 3.05) is 0 Å². The first-order chi connectivity index (χ1) is 7.14. The second-order valence-corrected chi connectivity index (χ2v) is 7.79. The zero-order chi connectivity index (χ0) is 12.2. The van der Waals surface area contributed by atoms with Gasteiger partial charge in [0.05, 0.1) is 4.87 Å². The second kappa shape index (κ2) is 3.38. The molecule has 0 bridgehead atoms. The average molecular weight is 239 g/mol. The molecule has 0 nitrogen and oxygen atoms in total. The van der Waals surface area contributed by atoms with Crippen LogP contribution in [0.4, 0.5) is 0 Å². The minimum Gasteiger partial charge on any atom is -0.115 e. The highest BCUT2D eigenvalue weighted by atomic mass is 35.5. The van der Waals surface area contributed by atoms with E-state index in [0.717, 1.165) is 6.42 Å². The van der Waals surface area contributed by atoms with Crippen molar-refractivity contribution in [3.05, 3.63) is 23.3 Å². The largest absolute Gasteiger partial charge is 0.115 e. The van der Waals surface area contributed by atoms with Crippen molar-refractivity contribution in [2.24, 2.45) is 10.8 Å². The summed E-state index contributed by atoms with van der Waals surface area (Å²) in [5, 5.41) is 0. The van der Waals surface area contributed by atoms with Crippen LogP contribution in [-0.4, -0.2) is 4.87 Å². The zero-order valence-corrected chi connectivity index (χ0v) is 11.9. The lowest BCUT2D eigenvalue weighted by atomic mass is 9.59. The molecule has 0 N–H and O–H groups in total. The lowest BCUT2D eigenvalue weighted by Crippen LogP contribution is -2.35. The molecule has 1 atom stereocenters. The number of fused-ring (bicyclic) bond motifs is 1. The topological polar surface area (TPSA) is 0 Å². The first-order valence-electron chi connectivity index (χ1n) is 6.27. The van der Waals surface area contributed by atoms with Crippen LogP contribution in [0.3, 0.4) is 0 Å². The van der Waals surface area contributed by atoms with Gasteiger partial charge in [0.15, 0.2) is 0 Å². The summed E-state index contributed by atoms with van der Waals surface area (Å²) in [5.74, 6) is 0. The molecule has 2 aliphatic rings. The van der Waals surface area contributed by atoms with Gasteiger partial charge >= 0.3 is 0 Å². The molecule has 90 valence electrons. The summed E-state index contributed by atoms with van der Waals surface area (Å²) in [6.07, 6.45) is 8.19. The lowest BCUT2D eigenvalue weighted by Gasteiger charge is -2.47. The summed E-state index contributed by atoms with van der Waals surface area (Å²) in [5.41, 5.74) is 3.65. The van der Waals surface area contributed by atoms with Crippen molar-refractivity contribution >= 4 is 11.6 Å². The summed E-state index contributed by atoms with van der Waals surface area (Å²) in [6, 6.07) is 0. The molecule has 2 rings (SSSR count).